The van der Waals surface area contributed by atoms with Crippen LogP contribution in [0.5, 0.6) is 0 Å². The maximum absolute atomic E-state index is 6.14. The number of fused-ring (bicyclic) bond motifs is 1. The maximum Gasteiger partial charge on any atom is 0.134 e. The standard InChI is InChI=1S/C13H12N2OS/c1-8-15-10(7-17-8)13(14)12-6-9-4-2-3-5-11(9)16-12/h2-7,13H,14H2,1H3. The number of nitrogens with two attached hydrogens (primary N) is 1. The summed E-state index contributed by atoms with van der Waals surface area (Å²) < 4.78 is 5.73. The molecule has 0 fully saturated rings. The topological polar surface area (TPSA) is 52.0 Å². The van der Waals surface area contributed by atoms with E-state index in [1.54, 1.807) is 11.3 Å². The fourth-order valence-electron chi connectivity index (χ4n) is 1.82. The van der Waals surface area contributed by atoms with Gasteiger partial charge in [0.25, 0.3) is 0 Å². The number of hydrogen-bond acceptors (Lipinski definition) is 4. The first kappa shape index (κ1) is 10.5. The molecule has 17 heavy (non-hydrogen) atoms. The van der Waals surface area contributed by atoms with Crippen molar-refractivity contribution in [2.24, 2.45) is 5.73 Å². The van der Waals surface area contributed by atoms with Crippen LogP contribution in [0.2, 0.25) is 0 Å². The van der Waals surface area contributed by atoms with E-state index in [2.05, 4.69) is 4.98 Å². The first-order valence-corrected chi connectivity index (χ1v) is 6.28. The van der Waals surface area contributed by atoms with Gasteiger partial charge < -0.3 is 10.2 Å². The van der Waals surface area contributed by atoms with E-state index in [0.29, 0.717) is 0 Å². The summed E-state index contributed by atoms with van der Waals surface area (Å²) in [5, 5.41) is 4.07. The predicted molar refractivity (Wildman–Crippen MR) is 69.1 cm³/mol. The van der Waals surface area contributed by atoms with Crippen LogP contribution in [-0.4, -0.2) is 4.98 Å². The molecule has 0 aliphatic carbocycles. The van der Waals surface area contributed by atoms with Crippen LogP contribution in [0.25, 0.3) is 11.0 Å². The summed E-state index contributed by atoms with van der Waals surface area (Å²) in [6.45, 7) is 1.97. The van der Waals surface area contributed by atoms with Crippen molar-refractivity contribution in [3.05, 3.63) is 52.2 Å². The lowest BCUT2D eigenvalue weighted by molar-refractivity contribution is 0.521. The van der Waals surface area contributed by atoms with E-state index in [1.165, 1.54) is 0 Å². The number of nitrogens with zero attached hydrogens (tertiary/aromatic N) is 1. The van der Waals surface area contributed by atoms with Gasteiger partial charge in [-0.2, -0.15) is 0 Å². The van der Waals surface area contributed by atoms with Crippen LogP contribution in [0.15, 0.2) is 40.1 Å². The van der Waals surface area contributed by atoms with Gasteiger partial charge in [0.2, 0.25) is 0 Å². The van der Waals surface area contributed by atoms with E-state index in [1.807, 2.05) is 42.6 Å². The molecular formula is C13H12N2OS. The van der Waals surface area contributed by atoms with Crippen LogP contribution >= 0.6 is 11.3 Å². The molecule has 1 unspecified atom stereocenters. The molecule has 3 aromatic rings. The zero-order chi connectivity index (χ0) is 11.8. The van der Waals surface area contributed by atoms with E-state index in [9.17, 15) is 0 Å². The minimum Gasteiger partial charge on any atom is -0.459 e. The highest BCUT2D eigenvalue weighted by molar-refractivity contribution is 7.09. The molecule has 0 saturated carbocycles. The highest BCUT2D eigenvalue weighted by Gasteiger charge is 2.16. The van der Waals surface area contributed by atoms with Crippen LogP contribution < -0.4 is 5.73 Å². The second-order valence-electron chi connectivity index (χ2n) is 3.96. The van der Waals surface area contributed by atoms with Crippen LogP contribution in [0, 0.1) is 6.92 Å². The molecule has 86 valence electrons. The summed E-state index contributed by atoms with van der Waals surface area (Å²) in [4.78, 5) is 4.39. The third-order valence-electron chi connectivity index (χ3n) is 2.71. The number of hydrogen-bond donors (Lipinski definition) is 1. The highest BCUT2D eigenvalue weighted by Crippen LogP contribution is 2.27. The average molecular weight is 244 g/mol. The van der Waals surface area contributed by atoms with Crippen molar-refractivity contribution in [1.82, 2.24) is 4.98 Å². The number of furan rings is 1. The summed E-state index contributed by atoms with van der Waals surface area (Å²) >= 11 is 1.60. The van der Waals surface area contributed by atoms with E-state index >= 15 is 0 Å². The lowest BCUT2D eigenvalue weighted by Gasteiger charge is -2.03. The zero-order valence-corrected chi connectivity index (χ0v) is 10.2. The lowest BCUT2D eigenvalue weighted by Crippen LogP contribution is -2.11. The quantitative estimate of drug-likeness (QED) is 0.752. The van der Waals surface area contributed by atoms with Gasteiger partial charge in [-0.25, -0.2) is 4.98 Å². The minimum atomic E-state index is -0.285. The van der Waals surface area contributed by atoms with Crippen molar-refractivity contribution in [2.75, 3.05) is 0 Å². The number of rotatable bonds is 2. The SMILES string of the molecule is Cc1nc(C(N)c2cc3ccccc3o2)cs1. The number of aryl methyl sites for hydroxylation is 1. The Balaban J connectivity index is 2.03. The molecule has 0 aliphatic heterocycles. The Morgan fingerprint density at radius 1 is 1.35 bits per heavy atom. The van der Waals surface area contributed by atoms with Gasteiger partial charge >= 0.3 is 0 Å². The van der Waals surface area contributed by atoms with Crippen LogP contribution in [-0.2, 0) is 0 Å². The Morgan fingerprint density at radius 3 is 2.88 bits per heavy atom. The largest absolute Gasteiger partial charge is 0.459 e. The summed E-state index contributed by atoms with van der Waals surface area (Å²) in [6, 6.07) is 9.59. The molecule has 1 atom stereocenters. The van der Waals surface area contributed by atoms with Gasteiger partial charge in [-0.05, 0) is 19.1 Å². The van der Waals surface area contributed by atoms with E-state index in [4.69, 9.17) is 10.2 Å². The van der Waals surface area contributed by atoms with Crippen molar-refractivity contribution < 1.29 is 4.42 Å². The van der Waals surface area contributed by atoms with Crippen molar-refractivity contribution in [3.8, 4) is 0 Å². The fraction of sp³-hybridized carbons (Fsp3) is 0.154. The smallest absolute Gasteiger partial charge is 0.134 e. The second kappa shape index (κ2) is 3.98. The zero-order valence-electron chi connectivity index (χ0n) is 9.38. The predicted octanol–water partition coefficient (Wildman–Crippen LogP) is 3.25. The van der Waals surface area contributed by atoms with Crippen molar-refractivity contribution in [2.45, 2.75) is 13.0 Å². The van der Waals surface area contributed by atoms with Crippen molar-refractivity contribution in [1.29, 1.82) is 0 Å². The van der Waals surface area contributed by atoms with Crippen molar-refractivity contribution in [3.63, 3.8) is 0 Å². The summed E-state index contributed by atoms with van der Waals surface area (Å²) in [5.41, 5.74) is 7.88. The lowest BCUT2D eigenvalue weighted by atomic mass is 10.1. The molecule has 0 spiro atoms. The van der Waals surface area contributed by atoms with E-state index < -0.39 is 0 Å². The average Bonchev–Trinajstić information content (AvgIpc) is 2.93. The summed E-state index contributed by atoms with van der Waals surface area (Å²) in [6.07, 6.45) is 0. The van der Waals surface area contributed by atoms with Gasteiger partial charge in [0, 0.05) is 10.8 Å². The van der Waals surface area contributed by atoms with Gasteiger partial charge in [0.05, 0.1) is 10.7 Å². The summed E-state index contributed by atoms with van der Waals surface area (Å²) in [5.74, 6) is 0.761. The normalized spacial score (nSPS) is 13.1. The molecule has 1 aromatic carbocycles. The minimum absolute atomic E-state index is 0.285. The van der Waals surface area contributed by atoms with E-state index in [-0.39, 0.29) is 6.04 Å². The molecule has 2 aromatic heterocycles. The molecule has 0 aliphatic rings. The van der Waals surface area contributed by atoms with Gasteiger partial charge in [0.15, 0.2) is 0 Å². The molecule has 2 heterocycles. The monoisotopic (exact) mass is 244 g/mol. The van der Waals surface area contributed by atoms with Gasteiger partial charge in [-0.3, -0.25) is 0 Å². The number of thiazole rings is 1. The van der Waals surface area contributed by atoms with Crippen LogP contribution in [0.1, 0.15) is 22.5 Å². The van der Waals surface area contributed by atoms with Gasteiger partial charge in [0.1, 0.15) is 17.4 Å². The summed E-state index contributed by atoms with van der Waals surface area (Å²) in [7, 11) is 0. The first-order valence-electron chi connectivity index (χ1n) is 5.40. The molecular weight excluding hydrogens is 232 g/mol. The van der Waals surface area contributed by atoms with Gasteiger partial charge in [-0.1, -0.05) is 18.2 Å². The molecule has 2 N–H and O–H groups in total. The third-order valence-corrected chi connectivity index (χ3v) is 3.50. The molecule has 0 amide bonds. The molecule has 3 rings (SSSR count). The Morgan fingerprint density at radius 2 is 2.18 bits per heavy atom. The third kappa shape index (κ3) is 1.85. The number of benzene rings is 1. The van der Waals surface area contributed by atoms with Crippen LogP contribution in [0.3, 0.4) is 0 Å². The fourth-order valence-corrected chi connectivity index (χ4v) is 2.47. The maximum atomic E-state index is 6.14. The highest BCUT2D eigenvalue weighted by atomic mass is 32.1. The number of aromatic nitrogens is 1. The molecule has 0 radical (unpaired) electrons. The molecule has 0 saturated heterocycles. The molecule has 4 heteroatoms. The van der Waals surface area contributed by atoms with Gasteiger partial charge in [-0.15, -0.1) is 11.3 Å². The van der Waals surface area contributed by atoms with Crippen LogP contribution in [0.4, 0.5) is 0 Å². The first-order chi connectivity index (χ1) is 8.24. The Kier molecular flexibility index (Phi) is 2.46. The molecule has 3 nitrogen and oxygen atoms in total. The van der Waals surface area contributed by atoms with E-state index in [0.717, 1.165) is 27.4 Å². The Bertz CT molecular complexity index is 623. The Labute approximate surface area is 103 Å². The van der Waals surface area contributed by atoms with Crippen molar-refractivity contribution >= 4 is 22.3 Å². The number of para-hydroxylation sites is 1. The second-order valence-corrected chi connectivity index (χ2v) is 5.02. The molecule has 0 bridgehead atoms. The Hall–Kier alpha value is -1.65.